The monoisotopic (exact) mass is 471 g/mol. The van der Waals surface area contributed by atoms with Crippen molar-refractivity contribution in [2.24, 2.45) is 7.05 Å². The third kappa shape index (κ3) is 5.91. The second kappa shape index (κ2) is 10.8. The predicted molar refractivity (Wildman–Crippen MR) is 132 cm³/mol. The van der Waals surface area contributed by atoms with Gasteiger partial charge in [0.2, 0.25) is 15.9 Å². The lowest BCUT2D eigenvalue weighted by atomic mass is 10.2. The number of nitrogens with one attached hydrogen (secondary N) is 1. The highest BCUT2D eigenvalue weighted by atomic mass is 32.2. The zero-order valence-electron chi connectivity index (χ0n) is 19.8. The van der Waals surface area contributed by atoms with Crippen molar-refractivity contribution in [2.45, 2.75) is 31.1 Å². The Morgan fingerprint density at radius 1 is 1.12 bits per heavy atom. The number of sulfonamides is 1. The summed E-state index contributed by atoms with van der Waals surface area (Å²) in [5.41, 5.74) is 2.63. The topological polar surface area (TPSA) is 87.5 Å². The molecule has 8 nitrogen and oxygen atoms in total. The molecular formula is C24H33N5O3S. The van der Waals surface area contributed by atoms with Crippen LogP contribution >= 0.6 is 0 Å². The van der Waals surface area contributed by atoms with Gasteiger partial charge in [0.15, 0.2) is 0 Å². The summed E-state index contributed by atoms with van der Waals surface area (Å²) in [6.07, 6.45) is 1.68. The Kier molecular flexibility index (Phi) is 8.10. The third-order valence-corrected chi connectivity index (χ3v) is 7.54. The van der Waals surface area contributed by atoms with Crippen LogP contribution in [0.2, 0.25) is 0 Å². The maximum Gasteiger partial charge on any atom is 0.242 e. The van der Waals surface area contributed by atoms with Gasteiger partial charge in [-0.3, -0.25) is 4.79 Å². The van der Waals surface area contributed by atoms with E-state index in [0.717, 1.165) is 30.9 Å². The largest absolute Gasteiger partial charge is 0.372 e. The van der Waals surface area contributed by atoms with Crippen LogP contribution in [0.25, 0.3) is 11.0 Å². The molecule has 0 aliphatic heterocycles. The smallest absolute Gasteiger partial charge is 0.242 e. The number of hydrogen-bond donors (Lipinski definition) is 1. The van der Waals surface area contributed by atoms with Gasteiger partial charge < -0.3 is 14.8 Å². The Bertz CT molecular complexity index is 1190. The first-order chi connectivity index (χ1) is 15.7. The first kappa shape index (κ1) is 24.7. The zero-order valence-corrected chi connectivity index (χ0v) is 20.6. The van der Waals surface area contributed by atoms with E-state index < -0.39 is 10.0 Å². The van der Waals surface area contributed by atoms with Gasteiger partial charge in [-0.1, -0.05) is 18.2 Å². The maximum absolute atomic E-state index is 12.4. The fourth-order valence-electron chi connectivity index (χ4n) is 3.74. The molecule has 3 rings (SSSR count). The van der Waals surface area contributed by atoms with Gasteiger partial charge >= 0.3 is 0 Å². The summed E-state index contributed by atoms with van der Waals surface area (Å²) in [7, 11) is 1.37. The first-order valence-electron chi connectivity index (χ1n) is 11.2. The van der Waals surface area contributed by atoms with E-state index in [4.69, 9.17) is 0 Å². The molecule has 1 amide bonds. The van der Waals surface area contributed by atoms with Crippen molar-refractivity contribution in [3.63, 3.8) is 0 Å². The minimum Gasteiger partial charge on any atom is -0.372 e. The molecule has 0 bridgehead atoms. The Morgan fingerprint density at radius 2 is 1.85 bits per heavy atom. The summed E-state index contributed by atoms with van der Waals surface area (Å²) >= 11 is 0. The van der Waals surface area contributed by atoms with Gasteiger partial charge in [-0.15, -0.1) is 0 Å². The van der Waals surface area contributed by atoms with Crippen molar-refractivity contribution in [2.75, 3.05) is 38.6 Å². The number of aryl methyl sites for hydroxylation is 2. The molecule has 2 aromatic carbocycles. The lowest BCUT2D eigenvalue weighted by Gasteiger charge is -2.23. The molecule has 0 aliphatic carbocycles. The highest BCUT2D eigenvalue weighted by Crippen LogP contribution is 2.22. The molecule has 33 heavy (non-hydrogen) atoms. The van der Waals surface area contributed by atoms with Gasteiger partial charge in [0.25, 0.3) is 0 Å². The molecule has 0 saturated carbocycles. The summed E-state index contributed by atoms with van der Waals surface area (Å²) in [5.74, 6) is 0.737. The van der Waals surface area contributed by atoms with Gasteiger partial charge in [-0.2, -0.15) is 0 Å². The Hall–Kier alpha value is -2.91. The van der Waals surface area contributed by atoms with Gasteiger partial charge in [0.05, 0.1) is 15.9 Å². The van der Waals surface area contributed by atoms with Crippen LogP contribution in [0.15, 0.2) is 53.4 Å². The van der Waals surface area contributed by atoms with Crippen LogP contribution in [-0.4, -0.2) is 61.9 Å². The number of rotatable bonds is 11. The molecule has 0 saturated heterocycles. The number of amides is 1. The van der Waals surface area contributed by atoms with Crippen molar-refractivity contribution in [3.05, 3.63) is 54.4 Å². The second-order valence-electron chi connectivity index (χ2n) is 8.14. The van der Waals surface area contributed by atoms with Gasteiger partial charge in [0, 0.05) is 59.3 Å². The van der Waals surface area contributed by atoms with Crippen LogP contribution in [0.1, 0.15) is 25.6 Å². The highest BCUT2D eigenvalue weighted by Gasteiger charge is 2.19. The van der Waals surface area contributed by atoms with Crippen LogP contribution in [0.4, 0.5) is 5.69 Å². The standard InChI is InChI=1S/C24H33N5O3S/c1-5-29(19-10-7-6-8-11-19)17-9-16-25-24(30)15-14-23-26-21-18-20(33(31,32)27(2)3)12-13-22(21)28(23)4/h6-8,10-13,18H,5,9,14-17H2,1-4H3,(H,25,30). The summed E-state index contributed by atoms with van der Waals surface area (Å²) in [5, 5.41) is 2.99. The van der Waals surface area contributed by atoms with Gasteiger partial charge in [-0.25, -0.2) is 17.7 Å². The van der Waals surface area contributed by atoms with Gasteiger partial charge in [-0.05, 0) is 43.7 Å². The maximum atomic E-state index is 12.4. The molecule has 3 aromatic rings. The van der Waals surface area contributed by atoms with Crippen LogP contribution in [0.3, 0.4) is 0 Å². The average Bonchev–Trinajstić information content (AvgIpc) is 3.13. The zero-order chi connectivity index (χ0) is 24.0. The van der Waals surface area contributed by atoms with E-state index in [1.807, 2.05) is 29.8 Å². The molecule has 1 N–H and O–H groups in total. The molecule has 0 unspecified atom stereocenters. The number of carbonyl (C=O) groups is 1. The number of benzene rings is 2. The number of aromatic nitrogens is 2. The molecule has 0 fully saturated rings. The fourth-order valence-corrected chi connectivity index (χ4v) is 4.67. The molecule has 0 spiro atoms. The first-order valence-corrected chi connectivity index (χ1v) is 12.6. The highest BCUT2D eigenvalue weighted by molar-refractivity contribution is 7.89. The number of carbonyl (C=O) groups excluding carboxylic acids is 1. The van der Waals surface area contributed by atoms with E-state index in [1.165, 1.54) is 24.1 Å². The fraction of sp³-hybridized carbons (Fsp3) is 0.417. The number of anilines is 1. The molecule has 0 atom stereocenters. The van der Waals surface area contributed by atoms with E-state index in [1.54, 1.807) is 18.2 Å². The quantitative estimate of drug-likeness (QED) is 0.435. The number of fused-ring (bicyclic) bond motifs is 1. The minimum atomic E-state index is -3.52. The number of para-hydroxylation sites is 1. The Balaban J connectivity index is 1.52. The Morgan fingerprint density at radius 3 is 2.52 bits per heavy atom. The number of nitrogens with zero attached hydrogens (tertiary/aromatic N) is 4. The average molecular weight is 472 g/mol. The van der Waals surface area contributed by atoms with Crippen LogP contribution in [-0.2, 0) is 28.3 Å². The summed E-state index contributed by atoms with van der Waals surface area (Å²) in [4.78, 5) is 19.4. The van der Waals surface area contributed by atoms with Crippen molar-refractivity contribution in [1.82, 2.24) is 19.2 Å². The number of imidazole rings is 1. The lowest BCUT2D eigenvalue weighted by molar-refractivity contribution is -0.121. The van der Waals surface area contributed by atoms with E-state index in [-0.39, 0.29) is 10.8 Å². The Labute approximate surface area is 196 Å². The molecule has 1 aromatic heterocycles. The van der Waals surface area contributed by atoms with Crippen LogP contribution in [0, 0.1) is 0 Å². The predicted octanol–water partition coefficient (Wildman–Crippen LogP) is 2.79. The van der Waals surface area contributed by atoms with Crippen molar-refractivity contribution < 1.29 is 13.2 Å². The van der Waals surface area contributed by atoms with Gasteiger partial charge in [0.1, 0.15) is 5.82 Å². The van der Waals surface area contributed by atoms with Crippen molar-refractivity contribution in [1.29, 1.82) is 0 Å². The van der Waals surface area contributed by atoms with E-state index >= 15 is 0 Å². The van der Waals surface area contributed by atoms with E-state index in [9.17, 15) is 13.2 Å². The third-order valence-electron chi connectivity index (χ3n) is 5.73. The lowest BCUT2D eigenvalue weighted by Crippen LogP contribution is -2.30. The molecule has 1 heterocycles. The summed E-state index contributed by atoms with van der Waals surface area (Å²) in [6, 6.07) is 15.2. The molecule has 178 valence electrons. The minimum absolute atomic E-state index is 0.0132. The molecule has 0 radical (unpaired) electrons. The summed E-state index contributed by atoms with van der Waals surface area (Å²) in [6.45, 7) is 4.55. The van der Waals surface area contributed by atoms with Crippen molar-refractivity contribution in [3.8, 4) is 0 Å². The van der Waals surface area contributed by atoms with Crippen LogP contribution < -0.4 is 10.2 Å². The van der Waals surface area contributed by atoms with E-state index in [2.05, 4.69) is 34.3 Å². The molecule has 9 heteroatoms. The number of hydrogen-bond acceptors (Lipinski definition) is 5. The SMILES string of the molecule is CCN(CCCNC(=O)CCc1nc2cc(S(=O)(=O)N(C)C)ccc2n1C)c1ccccc1. The molecular weight excluding hydrogens is 438 g/mol. The van der Waals surface area contributed by atoms with Crippen molar-refractivity contribution >= 4 is 32.7 Å². The molecule has 0 aliphatic rings. The van der Waals surface area contributed by atoms with E-state index in [0.29, 0.717) is 24.9 Å². The van der Waals surface area contributed by atoms with Crippen LogP contribution in [0.5, 0.6) is 0 Å². The second-order valence-corrected chi connectivity index (χ2v) is 10.3. The summed E-state index contributed by atoms with van der Waals surface area (Å²) < 4.78 is 27.9. The normalized spacial score (nSPS) is 11.8.